The quantitative estimate of drug-likeness (QED) is 0.160. The van der Waals surface area contributed by atoms with Gasteiger partial charge in [0.2, 0.25) is 0 Å². The minimum Gasteiger partial charge on any atom is -0.310 e. The molecule has 0 radical (unpaired) electrons. The summed E-state index contributed by atoms with van der Waals surface area (Å²) < 4.78 is 5.20. The van der Waals surface area contributed by atoms with Crippen LogP contribution in [-0.2, 0) is 0 Å². The van der Waals surface area contributed by atoms with E-state index in [-0.39, 0.29) is 6.71 Å². The average molecular weight is 693 g/mol. The zero-order chi connectivity index (χ0) is 35.5. The van der Waals surface area contributed by atoms with Crippen molar-refractivity contribution in [2.24, 2.45) is 0 Å². The summed E-state index contributed by atoms with van der Waals surface area (Å²) in [4.78, 5) is 0. The average Bonchev–Trinajstić information content (AvgIpc) is 3.74. The van der Waals surface area contributed by atoms with E-state index in [1.807, 2.05) is 0 Å². The van der Waals surface area contributed by atoms with Gasteiger partial charge in [0, 0.05) is 38.4 Å². The molecule has 14 rings (SSSR count). The maximum absolute atomic E-state index is 2.62. The summed E-state index contributed by atoms with van der Waals surface area (Å²) in [6, 6.07) is 66.3. The number of nitrogens with zero attached hydrogens (tertiary/aromatic N) is 2. The first-order valence-corrected chi connectivity index (χ1v) is 19.3. The molecule has 9 aromatic carbocycles. The van der Waals surface area contributed by atoms with Crippen LogP contribution in [0.4, 0.5) is 0 Å². The smallest absolute Gasteiger partial charge is 0.252 e. The molecule has 0 bridgehead atoms. The first-order valence-electron chi connectivity index (χ1n) is 19.3. The topological polar surface area (TPSA) is 9.86 Å². The van der Waals surface area contributed by atoms with E-state index in [0.717, 1.165) is 0 Å². The van der Waals surface area contributed by atoms with Crippen molar-refractivity contribution in [1.82, 2.24) is 9.13 Å². The second-order valence-corrected chi connectivity index (χ2v) is 15.6. The second-order valence-electron chi connectivity index (χ2n) is 15.6. The van der Waals surface area contributed by atoms with Crippen LogP contribution in [0.3, 0.4) is 0 Å². The molecule has 55 heavy (non-hydrogen) atoms. The van der Waals surface area contributed by atoms with Crippen molar-refractivity contribution in [3.8, 4) is 55.9 Å². The van der Waals surface area contributed by atoms with Crippen molar-refractivity contribution >= 4 is 77.5 Å². The Labute approximate surface area is 317 Å². The molecule has 11 aromatic rings. The molecular weight excluding hydrogens is 663 g/mol. The molecule has 2 aliphatic heterocycles. The van der Waals surface area contributed by atoms with Crippen LogP contribution < -0.4 is 16.4 Å². The van der Waals surface area contributed by atoms with E-state index in [9.17, 15) is 0 Å². The van der Waals surface area contributed by atoms with Gasteiger partial charge >= 0.3 is 0 Å². The highest BCUT2D eigenvalue weighted by Gasteiger charge is 2.42. The lowest BCUT2D eigenvalue weighted by molar-refractivity contribution is 1.14. The van der Waals surface area contributed by atoms with Crippen molar-refractivity contribution < 1.29 is 0 Å². The Balaban J connectivity index is 1.19. The fourth-order valence-corrected chi connectivity index (χ4v) is 10.9. The number of hydrogen-bond acceptors (Lipinski definition) is 0. The predicted molar refractivity (Wildman–Crippen MR) is 233 cm³/mol. The minimum absolute atomic E-state index is 0.0571. The monoisotopic (exact) mass is 692 g/mol. The largest absolute Gasteiger partial charge is 0.310 e. The molecule has 0 saturated heterocycles. The molecule has 2 aromatic heterocycles. The zero-order valence-corrected chi connectivity index (χ0v) is 29.7. The molecule has 0 amide bonds. The first-order chi connectivity index (χ1) is 27.3. The molecule has 0 fully saturated rings. The summed E-state index contributed by atoms with van der Waals surface area (Å²) in [5, 5.41) is 8.01. The molecule has 1 aliphatic carbocycles. The van der Waals surface area contributed by atoms with Gasteiger partial charge < -0.3 is 9.13 Å². The molecule has 0 unspecified atom stereocenters. The van der Waals surface area contributed by atoms with Gasteiger partial charge in [-0.25, -0.2) is 0 Å². The van der Waals surface area contributed by atoms with Gasteiger partial charge in [-0.05, 0) is 108 Å². The van der Waals surface area contributed by atoms with E-state index in [4.69, 9.17) is 0 Å². The Hall–Kier alpha value is -7.10. The van der Waals surface area contributed by atoms with E-state index in [1.165, 1.54) is 127 Å². The van der Waals surface area contributed by atoms with E-state index >= 15 is 0 Å². The Morgan fingerprint density at radius 3 is 1.71 bits per heavy atom. The third kappa shape index (κ3) is 3.40. The summed E-state index contributed by atoms with van der Waals surface area (Å²) in [5.41, 5.74) is 22.1. The van der Waals surface area contributed by atoms with E-state index in [1.54, 1.807) is 0 Å². The molecule has 0 atom stereocenters. The molecule has 0 spiro atoms. The Morgan fingerprint density at radius 1 is 0.345 bits per heavy atom. The van der Waals surface area contributed by atoms with Gasteiger partial charge in [0.1, 0.15) is 0 Å². The predicted octanol–water partition coefficient (Wildman–Crippen LogP) is 11.2. The lowest BCUT2D eigenvalue weighted by Crippen LogP contribution is -2.59. The summed E-state index contributed by atoms with van der Waals surface area (Å²) in [6.07, 6.45) is 0. The number of hydrogen-bond donors (Lipinski definition) is 0. The summed E-state index contributed by atoms with van der Waals surface area (Å²) in [6.45, 7) is 0.0571. The standard InChI is InChI=1S/C52H29BN2/c1-3-12-30(13-4-1)32-24-25-43-39(26-32)40-27-34(31-14-5-2-6-15-31)29-41-51(40)54(43)45-22-11-23-46-50(45)53(41)42-28-33-16-9-19-37-35-17-7-8-18-36(35)38-20-10-21-44-48(38)49(47(33)37)52(42)55(44)46/h1-29H. The van der Waals surface area contributed by atoms with Crippen LogP contribution in [0.25, 0.3) is 110 Å². The van der Waals surface area contributed by atoms with Crippen molar-refractivity contribution in [3.05, 3.63) is 176 Å². The van der Waals surface area contributed by atoms with Crippen LogP contribution in [0.2, 0.25) is 0 Å². The van der Waals surface area contributed by atoms with Crippen molar-refractivity contribution in [1.29, 1.82) is 0 Å². The van der Waals surface area contributed by atoms with E-state index < -0.39 is 0 Å². The molecule has 3 aliphatic rings. The van der Waals surface area contributed by atoms with Crippen LogP contribution in [-0.4, -0.2) is 15.8 Å². The van der Waals surface area contributed by atoms with Crippen LogP contribution in [0.15, 0.2) is 176 Å². The highest BCUT2D eigenvalue weighted by Crippen LogP contribution is 2.50. The Bertz CT molecular complexity index is 3530. The van der Waals surface area contributed by atoms with Crippen molar-refractivity contribution in [2.45, 2.75) is 0 Å². The Morgan fingerprint density at radius 2 is 0.945 bits per heavy atom. The van der Waals surface area contributed by atoms with Gasteiger partial charge in [-0.1, -0.05) is 140 Å². The van der Waals surface area contributed by atoms with Gasteiger partial charge in [-0.2, -0.15) is 0 Å². The molecule has 250 valence electrons. The normalized spacial score (nSPS) is 13.1. The van der Waals surface area contributed by atoms with E-state index in [0.29, 0.717) is 0 Å². The number of fused-ring (bicyclic) bond motifs is 11. The first kappa shape index (κ1) is 28.4. The minimum atomic E-state index is 0.0571. The molecule has 3 heteroatoms. The fourth-order valence-electron chi connectivity index (χ4n) is 10.9. The molecule has 0 saturated carbocycles. The van der Waals surface area contributed by atoms with Crippen LogP contribution >= 0.6 is 0 Å². The Kier molecular flexibility index (Phi) is 5.12. The van der Waals surface area contributed by atoms with Gasteiger partial charge in [0.25, 0.3) is 6.71 Å². The van der Waals surface area contributed by atoms with Crippen molar-refractivity contribution in [3.63, 3.8) is 0 Å². The highest BCUT2D eigenvalue weighted by atomic mass is 15.0. The third-order valence-corrected chi connectivity index (χ3v) is 13.0. The summed E-state index contributed by atoms with van der Waals surface area (Å²) in [5.74, 6) is 0. The third-order valence-electron chi connectivity index (χ3n) is 13.0. The van der Waals surface area contributed by atoms with Crippen LogP contribution in [0.1, 0.15) is 0 Å². The lowest BCUT2D eigenvalue weighted by atomic mass is 9.34. The number of aromatic nitrogens is 2. The van der Waals surface area contributed by atoms with Gasteiger partial charge in [0.15, 0.2) is 0 Å². The van der Waals surface area contributed by atoms with Gasteiger partial charge in [0.05, 0.1) is 16.6 Å². The molecule has 0 N–H and O–H groups in total. The van der Waals surface area contributed by atoms with Gasteiger partial charge in [-0.3, -0.25) is 0 Å². The van der Waals surface area contributed by atoms with Gasteiger partial charge in [-0.15, -0.1) is 0 Å². The molecule has 2 nitrogen and oxygen atoms in total. The molecular formula is C52H29BN2. The fraction of sp³-hybridized carbons (Fsp3) is 0. The van der Waals surface area contributed by atoms with Crippen molar-refractivity contribution in [2.75, 3.05) is 0 Å². The maximum Gasteiger partial charge on any atom is 0.252 e. The number of benzene rings is 9. The molecule has 4 heterocycles. The highest BCUT2D eigenvalue weighted by molar-refractivity contribution is 7.00. The van der Waals surface area contributed by atoms with E-state index in [2.05, 4.69) is 185 Å². The zero-order valence-electron chi connectivity index (χ0n) is 29.7. The lowest BCUT2D eigenvalue weighted by Gasteiger charge is -2.34. The van der Waals surface area contributed by atoms with Crippen LogP contribution in [0, 0.1) is 0 Å². The SMILES string of the molecule is c1ccc(-c2ccc3c(c2)c2cc(-c4ccccc4)cc4c2n3-c2cccc3c2B4c2cc4cccc5c4c4c6c(cccc6n-3c24)-c2ccccc2-5)cc1. The maximum atomic E-state index is 2.62. The number of rotatable bonds is 2. The summed E-state index contributed by atoms with van der Waals surface area (Å²) in [7, 11) is 0. The van der Waals surface area contributed by atoms with Crippen LogP contribution in [0.5, 0.6) is 0 Å². The summed E-state index contributed by atoms with van der Waals surface area (Å²) >= 11 is 0. The second kappa shape index (κ2) is 9.90.